The topological polar surface area (TPSA) is 15.3 Å². The van der Waals surface area contributed by atoms with Crippen LogP contribution in [-0.4, -0.2) is 31.1 Å². The van der Waals surface area contributed by atoms with E-state index in [1.807, 2.05) is 0 Å². The summed E-state index contributed by atoms with van der Waals surface area (Å²) in [6.07, 6.45) is 5.24. The molecular weight excluding hydrogens is 244 g/mol. The molecule has 2 rings (SSSR count). The van der Waals surface area contributed by atoms with E-state index in [-0.39, 0.29) is 0 Å². The minimum absolute atomic E-state index is 0.591. The summed E-state index contributed by atoms with van der Waals surface area (Å²) < 4.78 is 0. The highest BCUT2D eigenvalue weighted by molar-refractivity contribution is 5.19. The maximum absolute atomic E-state index is 3.55. The summed E-state index contributed by atoms with van der Waals surface area (Å²) >= 11 is 0. The molecule has 1 aromatic carbocycles. The van der Waals surface area contributed by atoms with Crippen molar-refractivity contribution in [2.24, 2.45) is 5.92 Å². The number of nitrogens with zero attached hydrogens (tertiary/aromatic N) is 1. The molecule has 112 valence electrons. The van der Waals surface area contributed by atoms with Gasteiger partial charge in [0.2, 0.25) is 0 Å². The Bertz CT molecular complexity index is 357. The second-order valence-electron chi connectivity index (χ2n) is 6.02. The number of benzene rings is 1. The molecule has 2 atom stereocenters. The maximum atomic E-state index is 3.55. The third kappa shape index (κ3) is 4.32. The Balaban J connectivity index is 2.04. The maximum Gasteiger partial charge on any atom is 0.0348 e. The molecule has 1 aliphatic heterocycles. The quantitative estimate of drug-likeness (QED) is 0.812. The normalized spacial score (nSPS) is 21.1. The molecule has 0 spiro atoms. The SMILES string of the molecule is CCCC(c1ccccc1)N(CC)CC1CCCNC1. The van der Waals surface area contributed by atoms with Crippen molar-refractivity contribution in [1.82, 2.24) is 10.2 Å². The first kappa shape index (κ1) is 15.5. The summed E-state index contributed by atoms with van der Waals surface area (Å²) in [5.41, 5.74) is 1.49. The van der Waals surface area contributed by atoms with E-state index in [1.54, 1.807) is 0 Å². The lowest BCUT2D eigenvalue weighted by molar-refractivity contribution is 0.153. The Kier molecular flexibility index (Phi) is 6.55. The summed E-state index contributed by atoms with van der Waals surface area (Å²) in [5, 5.41) is 3.55. The van der Waals surface area contributed by atoms with Gasteiger partial charge in [0.15, 0.2) is 0 Å². The molecule has 2 heteroatoms. The van der Waals surface area contributed by atoms with Gasteiger partial charge in [-0.2, -0.15) is 0 Å². The third-order valence-electron chi connectivity index (χ3n) is 4.49. The Morgan fingerprint density at radius 1 is 1.25 bits per heavy atom. The second-order valence-corrected chi connectivity index (χ2v) is 6.02. The zero-order valence-corrected chi connectivity index (χ0v) is 13.1. The van der Waals surface area contributed by atoms with Gasteiger partial charge in [-0.15, -0.1) is 0 Å². The molecular formula is C18H30N2. The largest absolute Gasteiger partial charge is 0.316 e. The van der Waals surface area contributed by atoms with E-state index >= 15 is 0 Å². The van der Waals surface area contributed by atoms with E-state index in [9.17, 15) is 0 Å². The zero-order chi connectivity index (χ0) is 14.2. The molecule has 0 aromatic heterocycles. The van der Waals surface area contributed by atoms with Gasteiger partial charge in [0.1, 0.15) is 0 Å². The molecule has 2 unspecified atom stereocenters. The van der Waals surface area contributed by atoms with Crippen LogP contribution < -0.4 is 5.32 Å². The van der Waals surface area contributed by atoms with E-state index in [0.717, 1.165) is 12.5 Å². The van der Waals surface area contributed by atoms with E-state index in [4.69, 9.17) is 0 Å². The van der Waals surface area contributed by atoms with Crippen LogP contribution in [0.1, 0.15) is 51.1 Å². The molecule has 1 fully saturated rings. The molecule has 1 aromatic rings. The minimum atomic E-state index is 0.591. The zero-order valence-electron chi connectivity index (χ0n) is 13.1. The first-order chi connectivity index (χ1) is 9.85. The predicted molar refractivity (Wildman–Crippen MR) is 86.9 cm³/mol. The molecule has 1 heterocycles. The van der Waals surface area contributed by atoms with Crippen molar-refractivity contribution >= 4 is 0 Å². The van der Waals surface area contributed by atoms with Crippen LogP contribution in [0.5, 0.6) is 0 Å². The number of hydrogen-bond acceptors (Lipinski definition) is 2. The van der Waals surface area contributed by atoms with Gasteiger partial charge in [-0.3, -0.25) is 4.90 Å². The number of rotatable bonds is 7. The van der Waals surface area contributed by atoms with E-state index < -0.39 is 0 Å². The molecule has 1 N–H and O–H groups in total. The summed E-state index contributed by atoms with van der Waals surface area (Å²) in [7, 11) is 0. The number of hydrogen-bond donors (Lipinski definition) is 1. The highest BCUT2D eigenvalue weighted by Gasteiger charge is 2.22. The lowest BCUT2D eigenvalue weighted by atomic mass is 9.95. The van der Waals surface area contributed by atoms with Crippen molar-refractivity contribution in [2.75, 3.05) is 26.2 Å². The van der Waals surface area contributed by atoms with Gasteiger partial charge < -0.3 is 5.32 Å². The van der Waals surface area contributed by atoms with Crippen LogP contribution in [0.25, 0.3) is 0 Å². The third-order valence-corrected chi connectivity index (χ3v) is 4.49. The van der Waals surface area contributed by atoms with Gasteiger partial charge >= 0.3 is 0 Å². The molecule has 0 saturated carbocycles. The van der Waals surface area contributed by atoms with Gasteiger partial charge in [0.05, 0.1) is 0 Å². The Morgan fingerprint density at radius 3 is 2.65 bits per heavy atom. The highest BCUT2D eigenvalue weighted by Crippen LogP contribution is 2.27. The van der Waals surface area contributed by atoms with Crippen molar-refractivity contribution in [1.29, 1.82) is 0 Å². The summed E-state index contributed by atoms with van der Waals surface area (Å²) in [6, 6.07) is 11.6. The molecule has 0 aliphatic carbocycles. The fourth-order valence-electron chi connectivity index (χ4n) is 3.40. The lowest BCUT2D eigenvalue weighted by Gasteiger charge is -2.35. The van der Waals surface area contributed by atoms with E-state index in [1.165, 1.54) is 50.9 Å². The second kappa shape index (κ2) is 8.43. The van der Waals surface area contributed by atoms with Crippen molar-refractivity contribution < 1.29 is 0 Å². The van der Waals surface area contributed by atoms with Crippen LogP contribution >= 0.6 is 0 Å². The highest BCUT2D eigenvalue weighted by atomic mass is 15.2. The van der Waals surface area contributed by atoms with Crippen LogP contribution in [0.2, 0.25) is 0 Å². The molecule has 0 amide bonds. The Morgan fingerprint density at radius 2 is 2.05 bits per heavy atom. The molecule has 0 bridgehead atoms. The molecule has 1 saturated heterocycles. The average Bonchev–Trinajstić information content (AvgIpc) is 2.52. The monoisotopic (exact) mass is 274 g/mol. The standard InChI is InChI=1S/C18H30N2/c1-3-9-18(17-11-6-5-7-12-17)20(4-2)15-16-10-8-13-19-14-16/h5-7,11-12,16,18-19H,3-4,8-10,13-15H2,1-2H3. The van der Waals surface area contributed by atoms with E-state index in [2.05, 4.69) is 54.4 Å². The Labute approximate surface area is 124 Å². The molecule has 0 radical (unpaired) electrons. The van der Waals surface area contributed by atoms with Crippen molar-refractivity contribution in [3.05, 3.63) is 35.9 Å². The summed E-state index contributed by atoms with van der Waals surface area (Å²) in [4.78, 5) is 2.69. The lowest BCUT2D eigenvalue weighted by Crippen LogP contribution is -2.39. The first-order valence-electron chi connectivity index (χ1n) is 8.34. The van der Waals surface area contributed by atoms with Crippen molar-refractivity contribution in [2.45, 2.75) is 45.6 Å². The van der Waals surface area contributed by atoms with Gasteiger partial charge in [-0.1, -0.05) is 50.6 Å². The predicted octanol–water partition coefficient (Wildman–Crippen LogP) is 3.85. The summed E-state index contributed by atoms with van der Waals surface area (Å²) in [5.74, 6) is 0.826. The van der Waals surface area contributed by atoms with Crippen LogP contribution in [0.15, 0.2) is 30.3 Å². The van der Waals surface area contributed by atoms with Gasteiger partial charge in [0, 0.05) is 12.6 Å². The smallest absolute Gasteiger partial charge is 0.0348 e. The van der Waals surface area contributed by atoms with Crippen LogP contribution in [0.3, 0.4) is 0 Å². The average molecular weight is 274 g/mol. The number of nitrogens with one attached hydrogen (secondary N) is 1. The Hall–Kier alpha value is -0.860. The molecule has 20 heavy (non-hydrogen) atoms. The molecule has 2 nitrogen and oxygen atoms in total. The fourth-order valence-corrected chi connectivity index (χ4v) is 3.40. The van der Waals surface area contributed by atoms with Gasteiger partial charge in [-0.25, -0.2) is 0 Å². The first-order valence-corrected chi connectivity index (χ1v) is 8.34. The van der Waals surface area contributed by atoms with E-state index in [0.29, 0.717) is 6.04 Å². The molecule has 1 aliphatic rings. The van der Waals surface area contributed by atoms with Crippen LogP contribution in [0.4, 0.5) is 0 Å². The van der Waals surface area contributed by atoms with Crippen LogP contribution in [-0.2, 0) is 0 Å². The van der Waals surface area contributed by atoms with Gasteiger partial charge in [-0.05, 0) is 50.4 Å². The fraction of sp³-hybridized carbons (Fsp3) is 0.667. The minimum Gasteiger partial charge on any atom is -0.316 e. The van der Waals surface area contributed by atoms with Crippen LogP contribution in [0, 0.1) is 5.92 Å². The number of piperidine rings is 1. The van der Waals surface area contributed by atoms with Crippen molar-refractivity contribution in [3.8, 4) is 0 Å². The van der Waals surface area contributed by atoms with Gasteiger partial charge in [0.25, 0.3) is 0 Å². The van der Waals surface area contributed by atoms with Crippen molar-refractivity contribution in [3.63, 3.8) is 0 Å². The summed E-state index contributed by atoms with van der Waals surface area (Å²) in [6.45, 7) is 9.40.